The first-order valence-corrected chi connectivity index (χ1v) is 43.5. The Morgan fingerprint density at radius 1 is 0.299 bits per heavy atom. The number of ether oxygens (including phenoxy) is 4. The molecule has 0 aliphatic heterocycles. The van der Waals surface area contributed by atoms with E-state index < -0.39 is 97.5 Å². The molecule has 3 unspecified atom stereocenters. The Kier molecular flexibility index (Phi) is 68.4. The van der Waals surface area contributed by atoms with E-state index in [0.717, 1.165) is 102 Å². The van der Waals surface area contributed by atoms with Crippen LogP contribution in [0.1, 0.15) is 408 Å². The highest BCUT2D eigenvalue weighted by Crippen LogP contribution is 2.45. The van der Waals surface area contributed by atoms with E-state index >= 15 is 0 Å². The molecular weight excluding hydrogens is 1270 g/mol. The Labute approximate surface area is 594 Å². The van der Waals surface area contributed by atoms with Crippen LogP contribution in [0.2, 0.25) is 0 Å². The zero-order valence-electron chi connectivity index (χ0n) is 63.4. The number of phosphoric ester groups is 2. The zero-order chi connectivity index (χ0) is 71.4. The number of rotatable bonds is 77. The molecular formula is C78H152O17P2. The van der Waals surface area contributed by atoms with Crippen molar-refractivity contribution in [1.82, 2.24) is 0 Å². The standard InChI is InChI=1S/C78H152O17P2/c1-7-10-12-14-16-18-20-22-23-24-25-28-33-37-44-50-56-62-77(82)94-73(66-88-76(81)61-55-49-43-36-32-29-26-27-30-34-40-46-52-58-70(4)5)68-92-96(84,85)90-64-72(79)65-91-97(86,87)93-69-74(95-78(83)63-57-51-45-39-38-41-47-53-59-71(6)9-3)67-89-75(80)60-54-48-42-35-31-21-19-17-15-13-11-8-2/h70-74,79H,7-69H2,1-6H3,(H,84,85)(H,86,87)/t71?,72-,73-,74-/m1/s1. The normalized spacial score (nSPS) is 14.2. The lowest BCUT2D eigenvalue weighted by atomic mass is 9.99. The maximum Gasteiger partial charge on any atom is 0.472 e. The van der Waals surface area contributed by atoms with Gasteiger partial charge in [-0.1, -0.05) is 356 Å². The molecule has 6 atom stereocenters. The summed E-state index contributed by atoms with van der Waals surface area (Å²) in [5.74, 6) is -0.551. The molecule has 0 rings (SSSR count). The van der Waals surface area contributed by atoms with Crippen molar-refractivity contribution >= 4 is 39.5 Å². The molecule has 0 spiro atoms. The SMILES string of the molecule is CCCCCCCCCCCCCCCCCCCC(=O)O[C@H](COC(=O)CCCCCCCCCCCCCCCC(C)C)COP(=O)(O)OC[C@@H](O)COP(=O)(O)OC[C@@H](COC(=O)CCCCCCCCCCCCCC)OC(=O)CCCCCCCCCCC(C)CC. The fourth-order valence-corrected chi connectivity index (χ4v) is 13.6. The van der Waals surface area contributed by atoms with Crippen LogP contribution in [-0.4, -0.2) is 96.7 Å². The largest absolute Gasteiger partial charge is 0.472 e. The molecule has 576 valence electrons. The van der Waals surface area contributed by atoms with E-state index in [0.29, 0.717) is 25.7 Å². The van der Waals surface area contributed by atoms with Crippen LogP contribution in [0.25, 0.3) is 0 Å². The quantitative estimate of drug-likeness (QED) is 0.0222. The van der Waals surface area contributed by atoms with Crippen LogP contribution in [0, 0.1) is 11.8 Å². The van der Waals surface area contributed by atoms with Crippen LogP contribution < -0.4 is 0 Å². The molecule has 0 radical (unpaired) electrons. The van der Waals surface area contributed by atoms with Crippen LogP contribution in [0.3, 0.4) is 0 Å². The van der Waals surface area contributed by atoms with E-state index in [1.807, 2.05) is 0 Å². The van der Waals surface area contributed by atoms with E-state index in [2.05, 4.69) is 41.5 Å². The van der Waals surface area contributed by atoms with Crippen LogP contribution in [0.4, 0.5) is 0 Å². The fourth-order valence-electron chi connectivity index (χ4n) is 12.0. The van der Waals surface area contributed by atoms with Gasteiger partial charge in [0.25, 0.3) is 0 Å². The van der Waals surface area contributed by atoms with Crippen LogP contribution >= 0.6 is 15.6 Å². The summed E-state index contributed by atoms with van der Waals surface area (Å²) in [7, 11) is -9.92. The van der Waals surface area contributed by atoms with E-state index in [1.54, 1.807) is 0 Å². The molecule has 0 aromatic heterocycles. The summed E-state index contributed by atoms with van der Waals surface area (Å²) in [5.41, 5.74) is 0. The number of aliphatic hydroxyl groups is 1. The third-order valence-corrected chi connectivity index (χ3v) is 20.5. The number of hydrogen-bond donors (Lipinski definition) is 3. The predicted octanol–water partition coefficient (Wildman–Crippen LogP) is 23.1. The summed E-state index contributed by atoms with van der Waals surface area (Å²) < 4.78 is 68.6. The highest BCUT2D eigenvalue weighted by Gasteiger charge is 2.30. The zero-order valence-corrected chi connectivity index (χ0v) is 65.2. The lowest BCUT2D eigenvalue weighted by molar-refractivity contribution is -0.161. The molecule has 17 nitrogen and oxygen atoms in total. The van der Waals surface area contributed by atoms with Crippen molar-refractivity contribution in [3.8, 4) is 0 Å². The summed E-state index contributed by atoms with van der Waals surface area (Å²) in [6, 6.07) is 0. The number of esters is 4. The van der Waals surface area contributed by atoms with Gasteiger partial charge < -0.3 is 33.8 Å². The molecule has 3 N–H and O–H groups in total. The van der Waals surface area contributed by atoms with E-state index in [1.165, 1.54) is 225 Å². The Morgan fingerprint density at radius 3 is 0.784 bits per heavy atom. The van der Waals surface area contributed by atoms with Gasteiger partial charge in [-0.05, 0) is 37.5 Å². The summed E-state index contributed by atoms with van der Waals surface area (Å²) >= 11 is 0. The molecule has 97 heavy (non-hydrogen) atoms. The Morgan fingerprint density at radius 2 is 0.526 bits per heavy atom. The fraction of sp³-hybridized carbons (Fsp3) is 0.949. The minimum atomic E-state index is -4.96. The summed E-state index contributed by atoms with van der Waals surface area (Å²) in [6.45, 7) is 9.63. The van der Waals surface area contributed by atoms with Gasteiger partial charge in [-0.15, -0.1) is 0 Å². The van der Waals surface area contributed by atoms with Crippen molar-refractivity contribution in [1.29, 1.82) is 0 Å². The number of hydrogen-bond acceptors (Lipinski definition) is 15. The van der Waals surface area contributed by atoms with Crippen molar-refractivity contribution in [2.75, 3.05) is 39.6 Å². The molecule has 0 fully saturated rings. The molecule has 0 aromatic rings. The molecule has 0 bridgehead atoms. The lowest BCUT2D eigenvalue weighted by Gasteiger charge is -2.21. The van der Waals surface area contributed by atoms with Crippen molar-refractivity contribution in [2.45, 2.75) is 426 Å². The van der Waals surface area contributed by atoms with E-state index in [4.69, 9.17) is 37.0 Å². The van der Waals surface area contributed by atoms with Gasteiger partial charge in [0, 0.05) is 25.7 Å². The monoisotopic (exact) mass is 1420 g/mol. The summed E-state index contributed by atoms with van der Waals surface area (Å²) in [4.78, 5) is 72.9. The number of carbonyl (C=O) groups is 4. The average Bonchev–Trinajstić information content (AvgIpc) is 1.44. The van der Waals surface area contributed by atoms with E-state index in [9.17, 15) is 43.2 Å². The molecule has 0 heterocycles. The highest BCUT2D eigenvalue weighted by molar-refractivity contribution is 7.47. The Balaban J connectivity index is 5.26. The van der Waals surface area contributed by atoms with Gasteiger partial charge >= 0.3 is 39.5 Å². The first-order valence-electron chi connectivity index (χ1n) is 40.5. The number of phosphoric acid groups is 2. The molecule has 0 amide bonds. The van der Waals surface area contributed by atoms with Crippen molar-refractivity contribution in [2.24, 2.45) is 11.8 Å². The molecule has 0 saturated heterocycles. The molecule has 0 aliphatic rings. The Bertz CT molecular complexity index is 1870. The van der Waals surface area contributed by atoms with Crippen molar-refractivity contribution in [3.63, 3.8) is 0 Å². The summed E-state index contributed by atoms with van der Waals surface area (Å²) in [6.07, 6.45) is 58.1. The van der Waals surface area contributed by atoms with Crippen LogP contribution in [0.15, 0.2) is 0 Å². The van der Waals surface area contributed by atoms with Gasteiger partial charge in [0.05, 0.1) is 26.4 Å². The first kappa shape index (κ1) is 95.1. The maximum absolute atomic E-state index is 13.1. The third-order valence-electron chi connectivity index (χ3n) is 18.6. The number of unbranched alkanes of at least 4 members (excludes halogenated alkanes) is 46. The van der Waals surface area contributed by atoms with Gasteiger partial charge in [-0.3, -0.25) is 37.3 Å². The third kappa shape index (κ3) is 70.9. The van der Waals surface area contributed by atoms with Gasteiger partial charge in [0.2, 0.25) is 0 Å². The minimum Gasteiger partial charge on any atom is -0.462 e. The van der Waals surface area contributed by atoms with Crippen LogP contribution in [0.5, 0.6) is 0 Å². The smallest absolute Gasteiger partial charge is 0.462 e. The first-order chi connectivity index (χ1) is 46.9. The van der Waals surface area contributed by atoms with Crippen LogP contribution in [-0.2, 0) is 65.4 Å². The van der Waals surface area contributed by atoms with Crippen molar-refractivity contribution in [3.05, 3.63) is 0 Å². The maximum atomic E-state index is 13.1. The second-order valence-corrected chi connectivity index (χ2v) is 31.7. The number of carbonyl (C=O) groups excluding carboxylic acids is 4. The molecule has 0 aliphatic carbocycles. The predicted molar refractivity (Wildman–Crippen MR) is 395 cm³/mol. The second kappa shape index (κ2) is 69.8. The van der Waals surface area contributed by atoms with Gasteiger partial charge in [-0.2, -0.15) is 0 Å². The minimum absolute atomic E-state index is 0.106. The average molecular weight is 1420 g/mol. The lowest BCUT2D eigenvalue weighted by Crippen LogP contribution is -2.30. The molecule has 19 heteroatoms. The second-order valence-electron chi connectivity index (χ2n) is 28.8. The molecule has 0 aromatic carbocycles. The number of aliphatic hydroxyl groups excluding tert-OH is 1. The van der Waals surface area contributed by atoms with Gasteiger partial charge in [-0.25, -0.2) is 9.13 Å². The summed E-state index contributed by atoms with van der Waals surface area (Å²) in [5, 5.41) is 10.6. The van der Waals surface area contributed by atoms with Gasteiger partial charge in [0.1, 0.15) is 19.3 Å². The Hall–Kier alpha value is -1.94. The van der Waals surface area contributed by atoms with Crippen molar-refractivity contribution < 1.29 is 80.2 Å². The van der Waals surface area contributed by atoms with Gasteiger partial charge in [0.15, 0.2) is 12.2 Å². The highest BCUT2D eigenvalue weighted by atomic mass is 31.2. The van der Waals surface area contributed by atoms with E-state index in [-0.39, 0.29) is 25.7 Å². The molecule has 0 saturated carbocycles. The topological polar surface area (TPSA) is 237 Å².